The van der Waals surface area contributed by atoms with Crippen molar-refractivity contribution in [2.45, 2.75) is 52.1 Å². The summed E-state index contributed by atoms with van der Waals surface area (Å²) in [5.41, 5.74) is 4.35. The van der Waals surface area contributed by atoms with Gasteiger partial charge in [-0.2, -0.15) is 0 Å². The number of nitrogens with one attached hydrogen (secondary N) is 1. The highest BCUT2D eigenvalue weighted by Gasteiger charge is 2.24. The van der Waals surface area contributed by atoms with E-state index in [9.17, 15) is 0 Å². The van der Waals surface area contributed by atoms with Gasteiger partial charge >= 0.3 is 0 Å². The molecule has 106 valence electrons. The third-order valence-corrected chi connectivity index (χ3v) is 5.45. The average molecular weight is 286 g/mol. The van der Waals surface area contributed by atoms with Gasteiger partial charge in [0, 0.05) is 17.1 Å². The van der Waals surface area contributed by atoms with E-state index in [1.54, 1.807) is 0 Å². The van der Waals surface area contributed by atoms with Crippen LogP contribution in [0.15, 0.2) is 24.4 Å². The molecule has 1 aliphatic carbocycles. The number of aromatic nitrogens is 1. The van der Waals surface area contributed by atoms with Crippen LogP contribution >= 0.6 is 11.3 Å². The second-order valence-corrected chi connectivity index (χ2v) is 6.85. The maximum absolute atomic E-state index is 4.56. The molecule has 2 atom stereocenters. The van der Waals surface area contributed by atoms with Crippen LogP contribution < -0.4 is 5.32 Å². The Morgan fingerprint density at radius 3 is 3.05 bits per heavy atom. The van der Waals surface area contributed by atoms with E-state index in [0.29, 0.717) is 12.1 Å². The molecule has 3 rings (SSSR count). The van der Waals surface area contributed by atoms with Gasteiger partial charge in [0.15, 0.2) is 0 Å². The van der Waals surface area contributed by atoms with Crippen LogP contribution in [0.3, 0.4) is 0 Å². The Bertz CT molecular complexity index is 603. The van der Waals surface area contributed by atoms with Gasteiger partial charge in [-0.25, -0.2) is 4.98 Å². The van der Waals surface area contributed by atoms with Gasteiger partial charge in [0.2, 0.25) is 0 Å². The number of hydrogen-bond acceptors (Lipinski definition) is 3. The second-order valence-electron chi connectivity index (χ2n) is 5.70. The van der Waals surface area contributed by atoms with Gasteiger partial charge in [-0.3, -0.25) is 0 Å². The molecule has 1 aliphatic rings. The van der Waals surface area contributed by atoms with Crippen molar-refractivity contribution in [2.24, 2.45) is 0 Å². The molecule has 0 radical (unpaired) electrons. The normalized spacial score (nSPS) is 19.1. The standard InChI is InChI=1S/C17H22N2S/c1-4-14-10-18-17(20-14)12(3)19-16-8-7-13-6-5-11(2)9-15(13)16/h5-6,9-10,12,16,19H,4,7-8H2,1-3H3. The van der Waals surface area contributed by atoms with Crippen molar-refractivity contribution in [1.82, 2.24) is 10.3 Å². The van der Waals surface area contributed by atoms with Gasteiger partial charge < -0.3 is 5.32 Å². The number of aryl methyl sites for hydroxylation is 3. The predicted molar refractivity (Wildman–Crippen MR) is 85.3 cm³/mol. The molecule has 2 nitrogen and oxygen atoms in total. The van der Waals surface area contributed by atoms with E-state index in [-0.39, 0.29) is 0 Å². The molecule has 0 spiro atoms. The zero-order chi connectivity index (χ0) is 14.1. The molecule has 0 fully saturated rings. The fourth-order valence-corrected chi connectivity index (χ4v) is 3.82. The van der Waals surface area contributed by atoms with Crippen molar-refractivity contribution in [2.75, 3.05) is 0 Å². The molecule has 3 heteroatoms. The van der Waals surface area contributed by atoms with Crippen molar-refractivity contribution in [3.05, 3.63) is 51.0 Å². The lowest BCUT2D eigenvalue weighted by atomic mass is 10.0. The second kappa shape index (κ2) is 5.66. The Kier molecular flexibility index (Phi) is 3.90. The molecule has 0 aliphatic heterocycles. The summed E-state index contributed by atoms with van der Waals surface area (Å²) in [7, 11) is 0. The Hall–Kier alpha value is -1.19. The average Bonchev–Trinajstić information content (AvgIpc) is 3.06. The van der Waals surface area contributed by atoms with E-state index in [4.69, 9.17) is 0 Å². The van der Waals surface area contributed by atoms with Crippen LogP contribution in [0.2, 0.25) is 0 Å². The SMILES string of the molecule is CCc1cnc(C(C)NC2CCc3ccc(C)cc32)s1. The third kappa shape index (κ3) is 2.65. The molecule has 0 amide bonds. The highest BCUT2D eigenvalue weighted by atomic mass is 32.1. The summed E-state index contributed by atoms with van der Waals surface area (Å²) in [5.74, 6) is 0. The van der Waals surface area contributed by atoms with E-state index in [1.807, 2.05) is 17.5 Å². The highest BCUT2D eigenvalue weighted by molar-refractivity contribution is 7.11. The molecule has 20 heavy (non-hydrogen) atoms. The molecular weight excluding hydrogens is 264 g/mol. The molecule has 2 aromatic rings. The minimum absolute atomic E-state index is 0.330. The zero-order valence-corrected chi connectivity index (χ0v) is 13.3. The first-order chi connectivity index (χ1) is 9.67. The summed E-state index contributed by atoms with van der Waals surface area (Å²) in [6, 6.07) is 7.66. The van der Waals surface area contributed by atoms with Crippen LogP contribution in [-0.2, 0) is 12.8 Å². The van der Waals surface area contributed by atoms with Crippen LogP contribution in [-0.4, -0.2) is 4.98 Å². The van der Waals surface area contributed by atoms with Crippen LogP contribution in [0.5, 0.6) is 0 Å². The largest absolute Gasteiger partial charge is 0.301 e. The lowest BCUT2D eigenvalue weighted by molar-refractivity contribution is 0.463. The lowest BCUT2D eigenvalue weighted by Gasteiger charge is -2.19. The predicted octanol–water partition coefficient (Wildman–Crippen LogP) is 4.35. The van der Waals surface area contributed by atoms with Crippen LogP contribution in [0.4, 0.5) is 0 Å². The van der Waals surface area contributed by atoms with E-state index in [2.05, 4.69) is 49.3 Å². The van der Waals surface area contributed by atoms with E-state index in [0.717, 1.165) is 6.42 Å². The molecule has 0 saturated heterocycles. The number of thiazole rings is 1. The number of hydrogen-bond donors (Lipinski definition) is 1. The first kappa shape index (κ1) is 13.8. The number of benzene rings is 1. The van der Waals surface area contributed by atoms with Crippen molar-refractivity contribution in [3.63, 3.8) is 0 Å². The van der Waals surface area contributed by atoms with Gasteiger partial charge in [-0.15, -0.1) is 11.3 Å². The monoisotopic (exact) mass is 286 g/mol. The Labute approximate surface area is 125 Å². The number of nitrogens with zero attached hydrogens (tertiary/aromatic N) is 1. The summed E-state index contributed by atoms with van der Waals surface area (Å²) < 4.78 is 0. The number of rotatable bonds is 4. The maximum Gasteiger partial charge on any atom is 0.109 e. The maximum atomic E-state index is 4.56. The summed E-state index contributed by atoms with van der Waals surface area (Å²) >= 11 is 1.84. The molecule has 0 saturated carbocycles. The summed E-state index contributed by atoms with van der Waals surface area (Å²) in [4.78, 5) is 5.93. The summed E-state index contributed by atoms with van der Waals surface area (Å²) in [5, 5.41) is 4.97. The first-order valence-corrected chi connectivity index (χ1v) is 8.29. The van der Waals surface area contributed by atoms with Gasteiger partial charge in [0.25, 0.3) is 0 Å². The first-order valence-electron chi connectivity index (χ1n) is 7.47. The van der Waals surface area contributed by atoms with Gasteiger partial charge in [-0.1, -0.05) is 30.7 Å². The molecule has 1 N–H and O–H groups in total. The molecule has 1 aromatic heterocycles. The van der Waals surface area contributed by atoms with E-state index < -0.39 is 0 Å². The van der Waals surface area contributed by atoms with E-state index >= 15 is 0 Å². The van der Waals surface area contributed by atoms with Crippen molar-refractivity contribution in [3.8, 4) is 0 Å². The van der Waals surface area contributed by atoms with Gasteiger partial charge in [0.1, 0.15) is 5.01 Å². The molecular formula is C17H22N2S. The molecule has 1 aromatic carbocycles. The smallest absolute Gasteiger partial charge is 0.109 e. The fourth-order valence-electron chi connectivity index (χ4n) is 2.95. The van der Waals surface area contributed by atoms with Gasteiger partial charge in [0.05, 0.1) is 6.04 Å². The third-order valence-electron chi connectivity index (χ3n) is 4.12. The minimum atomic E-state index is 0.330. The molecule has 1 heterocycles. The minimum Gasteiger partial charge on any atom is -0.301 e. The van der Waals surface area contributed by atoms with Crippen LogP contribution in [0.1, 0.15) is 58.9 Å². The lowest BCUT2D eigenvalue weighted by Crippen LogP contribution is -2.22. The summed E-state index contributed by atoms with van der Waals surface area (Å²) in [6.07, 6.45) is 5.49. The van der Waals surface area contributed by atoms with Crippen molar-refractivity contribution in [1.29, 1.82) is 0 Å². The quantitative estimate of drug-likeness (QED) is 0.903. The van der Waals surface area contributed by atoms with Crippen molar-refractivity contribution < 1.29 is 0 Å². The van der Waals surface area contributed by atoms with Crippen LogP contribution in [0, 0.1) is 6.92 Å². The summed E-state index contributed by atoms with van der Waals surface area (Å²) in [6.45, 7) is 6.59. The van der Waals surface area contributed by atoms with E-state index in [1.165, 1.54) is 39.4 Å². The van der Waals surface area contributed by atoms with Gasteiger partial charge in [-0.05, 0) is 44.2 Å². The topological polar surface area (TPSA) is 24.9 Å². The van der Waals surface area contributed by atoms with Crippen LogP contribution in [0.25, 0.3) is 0 Å². The zero-order valence-electron chi connectivity index (χ0n) is 12.4. The fraction of sp³-hybridized carbons (Fsp3) is 0.471. The highest BCUT2D eigenvalue weighted by Crippen LogP contribution is 2.34. The Morgan fingerprint density at radius 2 is 2.30 bits per heavy atom. The Morgan fingerprint density at radius 1 is 1.45 bits per heavy atom. The molecule has 0 bridgehead atoms. The Balaban J connectivity index is 1.75. The van der Waals surface area contributed by atoms with Crippen molar-refractivity contribution >= 4 is 11.3 Å². The number of fused-ring (bicyclic) bond motifs is 1. The molecule has 2 unspecified atom stereocenters.